The Kier molecular flexibility index (Phi) is 5.90. The number of hydrogen-bond donors (Lipinski definition) is 0. The minimum absolute atomic E-state index is 0.00258. The van der Waals surface area contributed by atoms with Crippen LogP contribution >= 0.6 is 11.9 Å². The Morgan fingerprint density at radius 1 is 0.923 bits per heavy atom. The number of halogens is 6. The number of alkyl halides is 6. The summed E-state index contributed by atoms with van der Waals surface area (Å²) in [5.74, 6) is -0.932. The summed E-state index contributed by atoms with van der Waals surface area (Å²) in [4.78, 5) is 13.1. The lowest BCUT2D eigenvalue weighted by atomic mass is 10.0. The number of carbonyl (C=O) groups excluding carboxylic acids is 1. The van der Waals surface area contributed by atoms with Gasteiger partial charge in [0, 0.05) is 17.0 Å². The van der Waals surface area contributed by atoms with E-state index in [0.29, 0.717) is 17.0 Å². The lowest BCUT2D eigenvalue weighted by Crippen LogP contribution is -2.25. The molecule has 26 heavy (non-hydrogen) atoms. The monoisotopic (exact) mass is 393 g/mol. The van der Waals surface area contributed by atoms with Gasteiger partial charge in [0.1, 0.15) is 0 Å². The molecule has 0 saturated heterocycles. The van der Waals surface area contributed by atoms with Gasteiger partial charge in [-0.2, -0.15) is 26.3 Å². The van der Waals surface area contributed by atoms with E-state index >= 15 is 0 Å². The Morgan fingerprint density at radius 2 is 1.42 bits per heavy atom. The molecule has 2 aromatic rings. The van der Waals surface area contributed by atoms with Crippen molar-refractivity contribution in [1.29, 1.82) is 0 Å². The van der Waals surface area contributed by atoms with Gasteiger partial charge in [0.2, 0.25) is 0 Å². The van der Waals surface area contributed by atoms with E-state index in [9.17, 15) is 31.1 Å². The third kappa shape index (κ3) is 4.94. The van der Waals surface area contributed by atoms with Gasteiger partial charge in [-0.15, -0.1) is 0 Å². The van der Waals surface area contributed by atoms with Gasteiger partial charge in [-0.3, -0.25) is 9.10 Å². The second-order valence-electron chi connectivity index (χ2n) is 5.20. The lowest BCUT2D eigenvalue weighted by molar-refractivity contribution is -0.143. The van der Waals surface area contributed by atoms with Crippen LogP contribution < -0.4 is 0 Å². The SMILES string of the molecule is CCN(Sc1ccccc1)C(=O)c1cc(C(F)(F)F)cc(C(F)(F)F)c1. The maximum absolute atomic E-state index is 12.9. The van der Waals surface area contributed by atoms with E-state index in [1.165, 1.54) is 0 Å². The second kappa shape index (κ2) is 7.61. The van der Waals surface area contributed by atoms with Crippen molar-refractivity contribution >= 4 is 17.9 Å². The molecule has 0 saturated carbocycles. The molecule has 0 spiro atoms. The molecule has 0 aliphatic rings. The Labute approximate surface area is 149 Å². The van der Waals surface area contributed by atoms with Crippen LogP contribution in [0.2, 0.25) is 0 Å². The highest BCUT2D eigenvalue weighted by Crippen LogP contribution is 2.37. The molecule has 2 aromatic carbocycles. The zero-order valence-electron chi connectivity index (χ0n) is 13.4. The zero-order valence-corrected chi connectivity index (χ0v) is 14.2. The third-order valence-electron chi connectivity index (χ3n) is 3.31. The van der Waals surface area contributed by atoms with Crippen LogP contribution in [0.1, 0.15) is 28.4 Å². The maximum atomic E-state index is 12.9. The van der Waals surface area contributed by atoms with E-state index in [0.717, 1.165) is 16.3 Å². The minimum Gasteiger partial charge on any atom is -0.278 e. The van der Waals surface area contributed by atoms with Gasteiger partial charge in [-0.1, -0.05) is 18.2 Å². The van der Waals surface area contributed by atoms with Crippen molar-refractivity contribution in [2.45, 2.75) is 24.2 Å². The molecule has 0 fully saturated rings. The molecule has 0 unspecified atom stereocenters. The molecule has 0 atom stereocenters. The van der Waals surface area contributed by atoms with Crippen LogP contribution in [-0.4, -0.2) is 16.8 Å². The van der Waals surface area contributed by atoms with Gasteiger partial charge in [0.05, 0.1) is 11.1 Å². The van der Waals surface area contributed by atoms with Crippen molar-refractivity contribution < 1.29 is 31.1 Å². The Balaban J connectivity index is 2.42. The predicted molar refractivity (Wildman–Crippen MR) is 85.5 cm³/mol. The van der Waals surface area contributed by atoms with Crippen molar-refractivity contribution in [3.05, 3.63) is 65.2 Å². The van der Waals surface area contributed by atoms with Crippen LogP contribution in [0.3, 0.4) is 0 Å². The smallest absolute Gasteiger partial charge is 0.278 e. The molecule has 0 bridgehead atoms. The van der Waals surface area contributed by atoms with Crippen LogP contribution in [0, 0.1) is 0 Å². The molecule has 0 aromatic heterocycles. The molecule has 0 radical (unpaired) electrons. The summed E-state index contributed by atoms with van der Waals surface area (Å²) in [5.41, 5.74) is -3.70. The van der Waals surface area contributed by atoms with E-state index < -0.39 is 35.0 Å². The molecule has 2 nitrogen and oxygen atoms in total. The second-order valence-corrected chi connectivity index (χ2v) is 6.29. The first-order valence-electron chi connectivity index (χ1n) is 7.36. The van der Waals surface area contributed by atoms with Crippen LogP contribution in [0.4, 0.5) is 26.3 Å². The van der Waals surface area contributed by atoms with E-state index in [1.807, 2.05) is 0 Å². The summed E-state index contributed by atoms with van der Waals surface area (Å²) in [6.45, 7) is 1.67. The fraction of sp³-hybridized carbons (Fsp3) is 0.235. The fourth-order valence-electron chi connectivity index (χ4n) is 2.08. The topological polar surface area (TPSA) is 20.3 Å². The average molecular weight is 393 g/mol. The Hall–Kier alpha value is -2.16. The molecular weight excluding hydrogens is 380 g/mol. The van der Waals surface area contributed by atoms with Crippen molar-refractivity contribution in [1.82, 2.24) is 4.31 Å². The van der Waals surface area contributed by atoms with Gasteiger partial charge in [0.15, 0.2) is 0 Å². The van der Waals surface area contributed by atoms with Crippen LogP contribution in [0.5, 0.6) is 0 Å². The highest BCUT2D eigenvalue weighted by Gasteiger charge is 2.37. The third-order valence-corrected chi connectivity index (χ3v) is 4.43. The summed E-state index contributed by atoms with van der Waals surface area (Å²) >= 11 is 0.940. The van der Waals surface area contributed by atoms with Gasteiger partial charge >= 0.3 is 12.4 Å². The van der Waals surface area contributed by atoms with Gasteiger partial charge in [0.25, 0.3) is 5.91 Å². The number of benzene rings is 2. The Morgan fingerprint density at radius 3 is 1.85 bits per heavy atom. The van der Waals surface area contributed by atoms with Crippen LogP contribution in [0.15, 0.2) is 53.4 Å². The molecule has 0 heterocycles. The normalized spacial score (nSPS) is 12.1. The van der Waals surface area contributed by atoms with Crippen LogP contribution in [0.25, 0.3) is 0 Å². The number of nitrogens with zero attached hydrogens (tertiary/aromatic N) is 1. The lowest BCUT2D eigenvalue weighted by Gasteiger charge is -2.21. The molecule has 140 valence electrons. The average Bonchev–Trinajstić information content (AvgIpc) is 2.58. The number of carbonyl (C=O) groups is 1. The molecule has 0 aliphatic heterocycles. The van der Waals surface area contributed by atoms with E-state index in [-0.39, 0.29) is 12.6 Å². The first kappa shape index (κ1) is 20.2. The highest BCUT2D eigenvalue weighted by molar-refractivity contribution is 7.97. The first-order chi connectivity index (χ1) is 12.0. The van der Waals surface area contributed by atoms with Gasteiger partial charge in [-0.25, -0.2) is 0 Å². The van der Waals surface area contributed by atoms with E-state index in [1.54, 1.807) is 37.3 Å². The van der Waals surface area contributed by atoms with Crippen molar-refractivity contribution in [3.8, 4) is 0 Å². The zero-order chi connectivity index (χ0) is 19.5. The van der Waals surface area contributed by atoms with Crippen molar-refractivity contribution in [2.75, 3.05) is 6.54 Å². The van der Waals surface area contributed by atoms with Crippen molar-refractivity contribution in [3.63, 3.8) is 0 Å². The summed E-state index contributed by atoms with van der Waals surface area (Å²) < 4.78 is 78.7. The molecular formula is C17H13F6NOS. The first-order valence-corrected chi connectivity index (χ1v) is 8.14. The summed E-state index contributed by atoms with van der Waals surface area (Å²) in [6.07, 6.45) is -10.0. The number of amides is 1. The van der Waals surface area contributed by atoms with E-state index in [4.69, 9.17) is 0 Å². The molecule has 2 rings (SSSR count). The molecule has 0 N–H and O–H groups in total. The number of hydrogen-bond acceptors (Lipinski definition) is 2. The minimum atomic E-state index is -5.00. The Bertz CT molecular complexity index is 741. The maximum Gasteiger partial charge on any atom is 0.416 e. The standard InChI is InChI=1S/C17H13F6NOS/c1-2-24(26-14-6-4-3-5-7-14)15(25)11-8-12(16(18,19)20)10-13(9-11)17(21,22)23/h3-10H,2H2,1H3. The van der Waals surface area contributed by atoms with E-state index in [2.05, 4.69) is 0 Å². The number of rotatable bonds is 4. The quantitative estimate of drug-likeness (QED) is 0.477. The summed E-state index contributed by atoms with van der Waals surface area (Å²) in [6, 6.07) is 9.36. The molecule has 0 aliphatic carbocycles. The van der Waals surface area contributed by atoms with Crippen LogP contribution in [-0.2, 0) is 12.4 Å². The summed E-state index contributed by atoms with van der Waals surface area (Å²) in [7, 11) is 0. The summed E-state index contributed by atoms with van der Waals surface area (Å²) in [5, 5.41) is 0. The molecule has 9 heteroatoms. The predicted octanol–water partition coefficient (Wildman–Crippen LogP) is 5.89. The van der Waals surface area contributed by atoms with Crippen molar-refractivity contribution in [2.24, 2.45) is 0 Å². The molecule has 1 amide bonds. The van der Waals surface area contributed by atoms with Gasteiger partial charge < -0.3 is 0 Å². The van der Waals surface area contributed by atoms with Gasteiger partial charge in [-0.05, 0) is 49.2 Å². The highest BCUT2D eigenvalue weighted by atomic mass is 32.2. The largest absolute Gasteiger partial charge is 0.416 e. The fourth-order valence-corrected chi connectivity index (χ4v) is 2.93.